The summed E-state index contributed by atoms with van der Waals surface area (Å²) in [5, 5.41) is 0. The van der Waals surface area contributed by atoms with Crippen LogP contribution in [0.15, 0.2) is 0 Å². The van der Waals surface area contributed by atoms with E-state index >= 15 is 0 Å². The van der Waals surface area contributed by atoms with E-state index in [4.69, 9.17) is 56.8 Å². The molecule has 2 unspecified atom stereocenters. The molecule has 0 aliphatic carbocycles. The minimum atomic E-state index is 0.362. The molecule has 0 bridgehead atoms. The van der Waals surface area contributed by atoms with Gasteiger partial charge in [0.2, 0.25) is 0 Å². The van der Waals surface area contributed by atoms with Crippen LogP contribution in [0, 0.1) is 0 Å². The first-order valence-corrected chi connectivity index (χ1v) is 22.0. The molecule has 12 heteroatoms. The molecule has 12 nitrogen and oxygen atoms in total. The van der Waals surface area contributed by atoms with E-state index in [0.717, 1.165) is 261 Å². The van der Waals surface area contributed by atoms with E-state index in [9.17, 15) is 0 Å². The van der Waals surface area contributed by atoms with Crippen LogP contribution in [0.5, 0.6) is 0 Å². The van der Waals surface area contributed by atoms with E-state index in [0.29, 0.717) is 12.2 Å². The van der Waals surface area contributed by atoms with Gasteiger partial charge >= 0.3 is 0 Å². The Labute approximate surface area is 329 Å². The Morgan fingerprint density at radius 1 is 0.222 bits per heavy atom. The van der Waals surface area contributed by atoms with E-state index in [1.54, 1.807) is 0 Å². The fourth-order valence-electron chi connectivity index (χ4n) is 5.25. The molecule has 2 rings (SSSR count). The summed E-state index contributed by atoms with van der Waals surface area (Å²) in [6, 6.07) is 0. The summed E-state index contributed by atoms with van der Waals surface area (Å²) >= 11 is 0. The molecule has 322 valence electrons. The van der Waals surface area contributed by atoms with Crippen LogP contribution in [0.1, 0.15) is 116 Å². The summed E-state index contributed by atoms with van der Waals surface area (Å²) in [6.07, 6.45) is 19.7. The maximum Gasteiger partial charge on any atom is 0.104 e. The highest BCUT2D eigenvalue weighted by Crippen LogP contribution is 2.10. The predicted octanol–water partition coefficient (Wildman–Crippen LogP) is 6.97. The van der Waals surface area contributed by atoms with Crippen molar-refractivity contribution in [3.63, 3.8) is 0 Å². The Hall–Kier alpha value is -0.480. The van der Waals surface area contributed by atoms with Gasteiger partial charge in [-0.3, -0.25) is 0 Å². The lowest BCUT2D eigenvalue weighted by Gasteiger charge is -2.08. The van der Waals surface area contributed by atoms with Crippen molar-refractivity contribution in [2.75, 3.05) is 145 Å². The number of hydrogen-bond donors (Lipinski definition) is 0. The van der Waals surface area contributed by atoms with E-state index in [-0.39, 0.29) is 0 Å². The summed E-state index contributed by atoms with van der Waals surface area (Å²) in [5.41, 5.74) is 0. The molecule has 2 heterocycles. The molecule has 2 saturated heterocycles. The van der Waals surface area contributed by atoms with Crippen molar-refractivity contribution in [3.05, 3.63) is 0 Å². The van der Waals surface area contributed by atoms with Crippen LogP contribution < -0.4 is 0 Å². The molecule has 0 spiro atoms. The van der Waals surface area contributed by atoms with E-state index in [1.807, 2.05) is 0 Å². The molecular weight excluding hydrogens is 696 g/mol. The highest BCUT2D eigenvalue weighted by molar-refractivity contribution is 4.67. The first kappa shape index (κ1) is 49.7. The molecule has 2 aliphatic heterocycles. The summed E-state index contributed by atoms with van der Waals surface area (Å²) in [4.78, 5) is 0. The summed E-state index contributed by atoms with van der Waals surface area (Å²) in [7, 11) is 0. The summed E-state index contributed by atoms with van der Waals surface area (Å²) in [6.45, 7) is 17.9. The van der Waals surface area contributed by atoms with Gasteiger partial charge in [-0.05, 0) is 116 Å². The van der Waals surface area contributed by atoms with Gasteiger partial charge in [-0.25, -0.2) is 0 Å². The lowest BCUT2D eigenvalue weighted by Crippen LogP contribution is -2.05. The van der Waals surface area contributed by atoms with Gasteiger partial charge < -0.3 is 56.8 Å². The summed E-state index contributed by atoms with van der Waals surface area (Å²) < 4.78 is 67.1. The normalized spacial score (nSPS) is 16.4. The third-order valence-electron chi connectivity index (χ3n) is 8.86. The van der Waals surface area contributed by atoms with Crippen LogP contribution in [-0.4, -0.2) is 158 Å². The minimum absolute atomic E-state index is 0.362. The Kier molecular flexibility index (Phi) is 38.8. The SMILES string of the molecule is C(CCOCCCCOCCCCOCCCCOCCCCOCC1CO1)COCCCCOCCCCOCCCCOCCCCOCC1CO1. The lowest BCUT2D eigenvalue weighted by molar-refractivity contribution is 0.0765. The largest absolute Gasteiger partial charge is 0.381 e. The van der Waals surface area contributed by atoms with Crippen LogP contribution in [0.2, 0.25) is 0 Å². The molecule has 2 atom stereocenters. The zero-order valence-electron chi connectivity index (χ0n) is 34.3. The van der Waals surface area contributed by atoms with Crippen molar-refractivity contribution in [1.82, 2.24) is 0 Å². The maximum atomic E-state index is 5.76. The van der Waals surface area contributed by atoms with Gasteiger partial charge in [0.05, 0.1) is 26.4 Å². The number of unbranched alkanes of at least 4 members (excludes halogenated alkanes) is 9. The Bertz CT molecular complexity index is 655. The minimum Gasteiger partial charge on any atom is -0.381 e. The molecule has 2 fully saturated rings. The second-order valence-corrected chi connectivity index (χ2v) is 14.3. The van der Waals surface area contributed by atoms with Crippen LogP contribution >= 0.6 is 0 Å². The molecule has 0 aromatic rings. The quantitative estimate of drug-likeness (QED) is 0.0469. The first-order valence-electron chi connectivity index (χ1n) is 22.0. The molecular formula is C42H82O12. The van der Waals surface area contributed by atoms with Crippen molar-refractivity contribution < 1.29 is 56.8 Å². The Morgan fingerprint density at radius 3 is 0.481 bits per heavy atom. The lowest BCUT2D eigenvalue weighted by atomic mass is 10.3. The van der Waals surface area contributed by atoms with Gasteiger partial charge in [0, 0.05) is 119 Å². The molecule has 0 radical (unpaired) electrons. The van der Waals surface area contributed by atoms with Crippen molar-refractivity contribution >= 4 is 0 Å². The third-order valence-corrected chi connectivity index (χ3v) is 8.86. The van der Waals surface area contributed by atoms with Crippen molar-refractivity contribution in [2.24, 2.45) is 0 Å². The smallest absolute Gasteiger partial charge is 0.104 e. The molecule has 2 aliphatic rings. The van der Waals surface area contributed by atoms with Gasteiger partial charge in [-0.2, -0.15) is 0 Å². The zero-order chi connectivity index (χ0) is 37.9. The maximum absolute atomic E-state index is 5.76. The van der Waals surface area contributed by atoms with Gasteiger partial charge in [0.15, 0.2) is 0 Å². The van der Waals surface area contributed by atoms with Crippen molar-refractivity contribution in [2.45, 2.75) is 128 Å². The van der Waals surface area contributed by atoms with Gasteiger partial charge in [0.25, 0.3) is 0 Å². The Balaban J connectivity index is 1.08. The van der Waals surface area contributed by atoms with E-state index in [1.165, 1.54) is 0 Å². The molecule has 0 aromatic heterocycles. The Morgan fingerprint density at radius 2 is 0.352 bits per heavy atom. The zero-order valence-corrected chi connectivity index (χ0v) is 34.3. The number of hydrogen-bond acceptors (Lipinski definition) is 12. The first-order chi connectivity index (χ1) is 26.9. The van der Waals surface area contributed by atoms with Gasteiger partial charge in [0.1, 0.15) is 12.2 Å². The number of ether oxygens (including phenoxy) is 12. The summed E-state index contributed by atoms with van der Waals surface area (Å²) in [5.74, 6) is 0. The topological polar surface area (TPSA) is 117 Å². The van der Waals surface area contributed by atoms with Crippen LogP contribution in [0.25, 0.3) is 0 Å². The average Bonchev–Trinajstić information content (AvgIpc) is 4.13. The second-order valence-electron chi connectivity index (χ2n) is 14.3. The standard InChI is InChI=1S/C42H82O12/c1(19-43-21-3-5-23-45-25-7-9-27-47-29-11-13-31-49-33-15-17-35-51-37-41-39-53-41)2-20-44-22-4-6-24-46-26-8-10-28-48-30-12-14-32-50-34-16-18-36-52-38-42-40-54-42/h41-42H,1-40H2. The molecule has 54 heavy (non-hydrogen) atoms. The van der Waals surface area contributed by atoms with Crippen LogP contribution in [-0.2, 0) is 56.8 Å². The highest BCUT2D eigenvalue weighted by atomic mass is 16.6. The predicted molar refractivity (Wildman–Crippen MR) is 211 cm³/mol. The van der Waals surface area contributed by atoms with E-state index < -0.39 is 0 Å². The van der Waals surface area contributed by atoms with Gasteiger partial charge in [-0.15, -0.1) is 0 Å². The van der Waals surface area contributed by atoms with Crippen LogP contribution in [0.3, 0.4) is 0 Å². The molecule has 0 aromatic carbocycles. The number of rotatable bonds is 49. The number of epoxide rings is 2. The van der Waals surface area contributed by atoms with Crippen molar-refractivity contribution in [3.8, 4) is 0 Å². The van der Waals surface area contributed by atoms with E-state index in [2.05, 4.69) is 0 Å². The molecule has 0 saturated carbocycles. The molecule has 0 amide bonds. The highest BCUT2D eigenvalue weighted by Gasteiger charge is 2.22. The fraction of sp³-hybridized carbons (Fsp3) is 1.00. The molecule has 0 N–H and O–H groups in total. The third kappa shape index (κ3) is 41.2. The van der Waals surface area contributed by atoms with Gasteiger partial charge in [-0.1, -0.05) is 0 Å². The second kappa shape index (κ2) is 42.1. The monoisotopic (exact) mass is 779 g/mol. The van der Waals surface area contributed by atoms with Crippen molar-refractivity contribution in [1.29, 1.82) is 0 Å². The van der Waals surface area contributed by atoms with Crippen LogP contribution in [0.4, 0.5) is 0 Å². The average molecular weight is 779 g/mol. The fourth-order valence-corrected chi connectivity index (χ4v) is 5.25.